The average molecular weight is 1040 g/mol. The number of rotatable bonds is 21. The summed E-state index contributed by atoms with van der Waals surface area (Å²) in [5, 5.41) is 8.25. The van der Waals surface area contributed by atoms with Gasteiger partial charge in [0.15, 0.2) is 5.78 Å². The van der Waals surface area contributed by atoms with Crippen LogP contribution in [-0.2, 0) is 52.8 Å². The number of carbonyl (C=O) groups is 7. The predicted octanol–water partition coefficient (Wildman–Crippen LogP) is 9.20. The van der Waals surface area contributed by atoms with E-state index in [2.05, 4.69) is 22.9 Å². The van der Waals surface area contributed by atoms with Gasteiger partial charge in [-0.3, -0.25) is 19.2 Å². The predicted molar refractivity (Wildman–Crippen MR) is 285 cm³/mol. The number of ether oxygens (including phenoxy) is 5. The summed E-state index contributed by atoms with van der Waals surface area (Å²) in [5.41, 5.74) is 2.89. The maximum absolute atomic E-state index is 15.5. The van der Waals surface area contributed by atoms with Gasteiger partial charge in [-0.15, -0.1) is 0 Å². The molecule has 0 radical (unpaired) electrons. The number of hydrogen-bond donors (Lipinski definition) is 3. The minimum atomic E-state index is -1.32. The van der Waals surface area contributed by atoms with Crippen LogP contribution in [0.4, 0.5) is 9.59 Å². The molecule has 5 amide bonds. The molecule has 0 fully saturated rings. The van der Waals surface area contributed by atoms with Crippen LogP contribution in [0, 0.1) is 5.92 Å². The summed E-state index contributed by atoms with van der Waals surface area (Å²) in [6.45, 7) is 16.8. The Bertz CT molecular complexity index is 2500. The molecule has 4 atom stereocenters. The second-order valence-electron chi connectivity index (χ2n) is 21.6. The van der Waals surface area contributed by atoms with Crippen molar-refractivity contribution in [3.8, 4) is 22.6 Å². The van der Waals surface area contributed by atoms with Crippen LogP contribution in [-0.4, -0.2) is 115 Å². The zero-order valence-corrected chi connectivity index (χ0v) is 46.1. The number of benzene rings is 3. The van der Waals surface area contributed by atoms with E-state index in [1.54, 1.807) is 84.9 Å². The molecule has 2 heterocycles. The van der Waals surface area contributed by atoms with E-state index in [4.69, 9.17) is 23.7 Å². The SMILES string of the molecule is CCCCCCCCc1ccc2c(c1)CN([C@@H](CCNC(=O)OC(C)(C)C)C(=O)N(C)[C@@H]1C(=O)C[C@@H](C)C(=O)N[C@H](C(=O)OC)Cc3ccc(OCCNC(=O)OC(C)(C)C)c(c3)-c3cc1ccc3OCCC)C2=O. The molecule has 5 rings (SSSR count). The van der Waals surface area contributed by atoms with E-state index in [1.807, 2.05) is 25.1 Å². The third-order valence-electron chi connectivity index (χ3n) is 12.9. The van der Waals surface area contributed by atoms with Crippen molar-refractivity contribution >= 4 is 41.7 Å². The Kier molecular flexibility index (Phi) is 21.5. The second kappa shape index (κ2) is 27.2. The quantitative estimate of drug-likeness (QED) is 0.0519. The molecule has 17 nitrogen and oxygen atoms in total. The number of Topliss-reactive ketones (excluding diaryl/α,β-unsaturated/α-hetero) is 1. The minimum absolute atomic E-state index is 0.0211. The Balaban J connectivity index is 1.59. The molecule has 0 aliphatic carbocycles. The highest BCUT2D eigenvalue weighted by Gasteiger charge is 2.41. The summed E-state index contributed by atoms with van der Waals surface area (Å²) in [6, 6.07) is 12.7. The van der Waals surface area contributed by atoms with Gasteiger partial charge in [-0.1, -0.05) is 77.1 Å². The van der Waals surface area contributed by atoms with Crippen molar-refractivity contribution in [2.45, 2.75) is 169 Å². The van der Waals surface area contributed by atoms with Gasteiger partial charge < -0.3 is 49.4 Å². The Morgan fingerprint density at radius 1 is 0.747 bits per heavy atom. The Labute approximate surface area is 443 Å². The van der Waals surface area contributed by atoms with E-state index in [-0.39, 0.29) is 51.4 Å². The standard InChI is InChI=1S/C58H81N5O12/c1-12-14-15-16-17-18-19-38-20-23-42-41(32-38)36-63(52(42)66)46(26-27-59-55(69)74-57(4,5)6)53(67)62(10)50-40-22-25-49(72-29-13-2)44(35-40)43-33-39(21-24-48(43)73-30-28-60-56(70)75-58(7,8)9)34-45(54(68)71-11)61-51(65)37(3)31-47(50)64/h20-25,32-33,35,37,45-46,50H,12-19,26-31,34,36H2,1-11H3,(H,59,69)(H,60,70)(H,61,65)/t37-,45+,46+,50+/m1/s1. The van der Waals surface area contributed by atoms with E-state index < -0.39 is 71.0 Å². The van der Waals surface area contributed by atoms with Crippen molar-refractivity contribution in [1.29, 1.82) is 0 Å². The fourth-order valence-electron chi connectivity index (χ4n) is 9.26. The summed E-state index contributed by atoms with van der Waals surface area (Å²) >= 11 is 0. The maximum Gasteiger partial charge on any atom is 0.407 e. The summed E-state index contributed by atoms with van der Waals surface area (Å²) in [6.07, 6.45) is 6.79. The highest BCUT2D eigenvalue weighted by Crippen LogP contribution is 2.41. The number of likely N-dealkylation sites (N-methyl/N-ethyl adjacent to an activating group) is 1. The van der Waals surface area contributed by atoms with E-state index in [0.29, 0.717) is 52.3 Å². The molecule has 0 saturated carbocycles. The number of nitrogens with zero attached hydrogens (tertiary/aromatic N) is 2. The average Bonchev–Trinajstić information content (AvgIpc) is 3.67. The van der Waals surface area contributed by atoms with Crippen LogP contribution < -0.4 is 25.4 Å². The molecule has 2 aliphatic heterocycles. The lowest BCUT2D eigenvalue weighted by Crippen LogP contribution is -2.51. The topological polar surface area (TPSA) is 208 Å². The molecule has 4 bridgehead atoms. The van der Waals surface area contributed by atoms with Crippen molar-refractivity contribution in [3.63, 3.8) is 0 Å². The first-order valence-electron chi connectivity index (χ1n) is 26.6. The third-order valence-corrected chi connectivity index (χ3v) is 12.9. The lowest BCUT2D eigenvalue weighted by atomic mass is 9.89. The molecule has 3 aromatic carbocycles. The van der Waals surface area contributed by atoms with Gasteiger partial charge in [-0.2, -0.15) is 0 Å². The molecule has 3 aromatic rings. The Morgan fingerprint density at radius 3 is 2.03 bits per heavy atom. The summed E-state index contributed by atoms with van der Waals surface area (Å²) < 4.78 is 28.7. The van der Waals surface area contributed by atoms with Crippen LogP contribution in [0.3, 0.4) is 0 Å². The molecule has 0 spiro atoms. The maximum atomic E-state index is 15.5. The molecule has 0 unspecified atom stereocenters. The fraction of sp³-hybridized carbons (Fsp3) is 0.569. The summed E-state index contributed by atoms with van der Waals surface area (Å²) in [7, 11) is 2.73. The summed E-state index contributed by atoms with van der Waals surface area (Å²) in [4.78, 5) is 100. The van der Waals surface area contributed by atoms with Gasteiger partial charge in [0.05, 0.1) is 20.3 Å². The number of fused-ring (bicyclic) bond motifs is 6. The molecule has 3 N–H and O–H groups in total. The van der Waals surface area contributed by atoms with Gasteiger partial charge in [-0.05, 0) is 120 Å². The molecular formula is C58H81N5O12. The van der Waals surface area contributed by atoms with E-state index >= 15 is 9.59 Å². The number of hydrogen-bond acceptors (Lipinski definition) is 12. The number of alkyl carbamates (subject to hydrolysis) is 2. The highest BCUT2D eigenvalue weighted by atomic mass is 16.6. The largest absolute Gasteiger partial charge is 0.493 e. The number of esters is 1. The van der Waals surface area contributed by atoms with E-state index in [0.717, 1.165) is 30.4 Å². The molecule has 2 aliphatic rings. The second-order valence-corrected chi connectivity index (χ2v) is 21.6. The Morgan fingerprint density at radius 2 is 1.37 bits per heavy atom. The van der Waals surface area contributed by atoms with Gasteiger partial charge in [0, 0.05) is 55.6 Å². The van der Waals surface area contributed by atoms with Gasteiger partial charge in [0.2, 0.25) is 11.8 Å². The highest BCUT2D eigenvalue weighted by molar-refractivity contribution is 6.02. The van der Waals surface area contributed by atoms with Crippen molar-refractivity contribution in [2.24, 2.45) is 5.92 Å². The minimum Gasteiger partial charge on any atom is -0.493 e. The van der Waals surface area contributed by atoms with Crippen LogP contribution in [0.5, 0.6) is 11.5 Å². The zero-order chi connectivity index (χ0) is 55.0. The normalized spacial score (nSPS) is 17.2. The van der Waals surface area contributed by atoms with Crippen LogP contribution in [0.2, 0.25) is 0 Å². The van der Waals surface area contributed by atoms with Gasteiger partial charge >= 0.3 is 18.2 Å². The van der Waals surface area contributed by atoms with Crippen molar-refractivity contribution < 1.29 is 57.2 Å². The number of nitrogens with one attached hydrogen (secondary N) is 3. The molecule has 0 aromatic heterocycles. The number of methoxy groups -OCH3 is 1. The molecular weight excluding hydrogens is 959 g/mol. The first-order valence-corrected chi connectivity index (χ1v) is 26.6. The van der Waals surface area contributed by atoms with Crippen molar-refractivity contribution in [2.75, 3.05) is 40.5 Å². The van der Waals surface area contributed by atoms with Gasteiger partial charge in [0.25, 0.3) is 5.91 Å². The molecule has 17 heteroatoms. The van der Waals surface area contributed by atoms with E-state index in [1.165, 1.54) is 49.6 Å². The monoisotopic (exact) mass is 1040 g/mol. The molecule has 410 valence electrons. The van der Waals surface area contributed by atoms with Crippen LogP contribution in [0.1, 0.15) is 159 Å². The van der Waals surface area contributed by atoms with Crippen LogP contribution in [0.15, 0.2) is 54.6 Å². The van der Waals surface area contributed by atoms with Crippen molar-refractivity contribution in [3.05, 3.63) is 82.4 Å². The number of ketones is 1. The van der Waals surface area contributed by atoms with Crippen LogP contribution >= 0.6 is 0 Å². The molecule has 75 heavy (non-hydrogen) atoms. The number of aryl methyl sites for hydroxylation is 1. The van der Waals surface area contributed by atoms with Crippen molar-refractivity contribution in [1.82, 2.24) is 25.8 Å². The van der Waals surface area contributed by atoms with Gasteiger partial charge in [0.1, 0.15) is 47.4 Å². The molecule has 0 saturated heterocycles. The third kappa shape index (κ3) is 17.2. The zero-order valence-electron chi connectivity index (χ0n) is 46.1. The summed E-state index contributed by atoms with van der Waals surface area (Å²) in [5.74, 6) is -2.84. The lowest BCUT2D eigenvalue weighted by Gasteiger charge is -2.35. The van der Waals surface area contributed by atoms with Crippen LogP contribution in [0.25, 0.3) is 11.1 Å². The van der Waals surface area contributed by atoms with Gasteiger partial charge in [-0.25, -0.2) is 14.4 Å². The first-order chi connectivity index (χ1) is 35.5. The number of amides is 5. The van der Waals surface area contributed by atoms with E-state index in [9.17, 15) is 24.0 Å². The lowest BCUT2D eigenvalue weighted by molar-refractivity contribution is -0.146. The number of unbranched alkanes of at least 4 members (excludes halogenated alkanes) is 5. The smallest absolute Gasteiger partial charge is 0.407 e. The fourth-order valence-corrected chi connectivity index (χ4v) is 9.26. The first kappa shape index (κ1) is 59.2. The Hall–Kier alpha value is -6.65. The number of carbonyl (C=O) groups excluding carboxylic acids is 7.